The molecule has 80 valence electrons. The molecule has 0 aliphatic heterocycles. The lowest BCUT2D eigenvalue weighted by atomic mass is 10.1. The van der Waals surface area contributed by atoms with E-state index in [9.17, 15) is 14.3 Å². The van der Waals surface area contributed by atoms with Crippen LogP contribution < -0.4 is 4.74 Å². The number of benzene rings is 1. The summed E-state index contributed by atoms with van der Waals surface area (Å²) in [5, 5.41) is 9.12. The molecule has 0 unspecified atom stereocenters. The highest BCUT2D eigenvalue weighted by Crippen LogP contribution is 2.36. The summed E-state index contributed by atoms with van der Waals surface area (Å²) in [5.74, 6) is -1.17. The molecule has 4 nitrogen and oxygen atoms in total. The second-order valence-electron chi connectivity index (χ2n) is 2.61. The fourth-order valence-electron chi connectivity index (χ4n) is 1.13. The molecule has 6 heteroatoms. The van der Waals surface area contributed by atoms with E-state index in [1.807, 2.05) is 0 Å². The molecule has 1 aromatic carbocycles. The number of carbonyl (C=O) groups excluding carboxylic acids is 1. The van der Waals surface area contributed by atoms with Crippen LogP contribution in [0.2, 0.25) is 5.02 Å². The maximum absolute atomic E-state index is 13.4. The fraction of sp³-hybridized carbons (Fsp3) is 0.222. The van der Waals surface area contributed by atoms with E-state index in [0.717, 1.165) is 6.07 Å². The number of aliphatic imine (C=N–C) groups is 1. The summed E-state index contributed by atoms with van der Waals surface area (Å²) in [6, 6.07) is 1.02. The van der Waals surface area contributed by atoms with E-state index in [2.05, 4.69) is 4.99 Å². The molecule has 0 aromatic heterocycles. The Bertz CT molecular complexity index is 430. The van der Waals surface area contributed by atoms with Gasteiger partial charge in [0.05, 0.1) is 24.2 Å². The highest BCUT2D eigenvalue weighted by atomic mass is 35.5. The third-order valence-electron chi connectivity index (χ3n) is 1.75. The van der Waals surface area contributed by atoms with Gasteiger partial charge in [-0.2, -0.15) is 0 Å². The Kier molecular flexibility index (Phi) is 3.66. The van der Waals surface area contributed by atoms with Crippen LogP contribution in [0.1, 0.15) is 5.56 Å². The predicted octanol–water partition coefficient (Wildman–Crippen LogP) is 2.03. The largest absolute Gasteiger partial charge is 0.504 e. The summed E-state index contributed by atoms with van der Waals surface area (Å²) >= 11 is 5.50. The third kappa shape index (κ3) is 2.26. The Balaban J connectivity index is 3.35. The van der Waals surface area contributed by atoms with Gasteiger partial charge in [0.15, 0.2) is 17.3 Å². The lowest BCUT2D eigenvalue weighted by Gasteiger charge is -2.10. The molecular formula is C9H7ClFNO3. The van der Waals surface area contributed by atoms with Crippen LogP contribution in [-0.2, 0) is 11.3 Å². The zero-order chi connectivity index (χ0) is 11.4. The molecule has 0 fully saturated rings. The van der Waals surface area contributed by atoms with E-state index in [1.165, 1.54) is 13.2 Å². The number of halogens is 2. The SMILES string of the molecule is COc1c(O)cc(Cl)c(F)c1CN=C=O. The monoisotopic (exact) mass is 231 g/mol. The Labute approximate surface area is 90.0 Å². The van der Waals surface area contributed by atoms with Gasteiger partial charge in [0.25, 0.3) is 0 Å². The van der Waals surface area contributed by atoms with Crippen LogP contribution in [0.4, 0.5) is 4.39 Å². The Hall–Kier alpha value is -1.58. The van der Waals surface area contributed by atoms with E-state index in [-0.39, 0.29) is 28.6 Å². The second kappa shape index (κ2) is 4.77. The number of methoxy groups -OCH3 is 1. The maximum atomic E-state index is 13.4. The van der Waals surface area contributed by atoms with Crippen LogP contribution in [0.3, 0.4) is 0 Å². The summed E-state index contributed by atoms with van der Waals surface area (Å²) in [5.41, 5.74) is -0.0779. The van der Waals surface area contributed by atoms with Gasteiger partial charge in [0.2, 0.25) is 6.08 Å². The molecular weight excluding hydrogens is 225 g/mol. The minimum absolute atomic E-state index is 0.0779. The normalized spacial score (nSPS) is 9.53. The summed E-state index contributed by atoms with van der Waals surface area (Å²) in [4.78, 5) is 13.1. The van der Waals surface area contributed by atoms with E-state index in [1.54, 1.807) is 0 Å². The molecule has 0 saturated heterocycles. The maximum Gasteiger partial charge on any atom is 0.235 e. The van der Waals surface area contributed by atoms with Crippen LogP contribution in [0.5, 0.6) is 11.5 Å². The van der Waals surface area contributed by atoms with Crippen molar-refractivity contribution >= 4 is 17.7 Å². The average Bonchev–Trinajstić information content (AvgIpc) is 2.21. The molecule has 0 bridgehead atoms. The Morgan fingerprint density at radius 3 is 2.93 bits per heavy atom. The van der Waals surface area contributed by atoms with Gasteiger partial charge >= 0.3 is 0 Å². The lowest BCUT2D eigenvalue weighted by molar-refractivity contribution is 0.365. The van der Waals surface area contributed by atoms with Crippen LogP contribution in [0.25, 0.3) is 0 Å². The van der Waals surface area contributed by atoms with Crippen LogP contribution >= 0.6 is 11.6 Å². The van der Waals surface area contributed by atoms with Crippen molar-refractivity contribution in [2.75, 3.05) is 7.11 Å². The topological polar surface area (TPSA) is 58.9 Å². The van der Waals surface area contributed by atoms with E-state index < -0.39 is 5.82 Å². The van der Waals surface area contributed by atoms with Crippen molar-refractivity contribution in [3.63, 3.8) is 0 Å². The van der Waals surface area contributed by atoms with Gasteiger partial charge in [0.1, 0.15) is 0 Å². The first-order chi connectivity index (χ1) is 7.11. The minimum atomic E-state index is -0.773. The zero-order valence-electron chi connectivity index (χ0n) is 7.75. The molecule has 15 heavy (non-hydrogen) atoms. The molecule has 1 N–H and O–H groups in total. The summed E-state index contributed by atoms with van der Waals surface area (Å²) in [6.45, 7) is -0.285. The molecule has 1 aromatic rings. The van der Waals surface area contributed by atoms with E-state index in [0.29, 0.717) is 0 Å². The van der Waals surface area contributed by atoms with Crippen molar-refractivity contribution in [3.8, 4) is 11.5 Å². The second-order valence-corrected chi connectivity index (χ2v) is 3.02. The summed E-state index contributed by atoms with van der Waals surface area (Å²) < 4.78 is 18.2. The predicted molar refractivity (Wildman–Crippen MR) is 51.5 cm³/mol. The fourth-order valence-corrected chi connectivity index (χ4v) is 1.35. The molecule has 0 atom stereocenters. The number of ether oxygens (including phenoxy) is 1. The number of phenolic OH excluding ortho intramolecular Hbond substituents is 1. The van der Waals surface area contributed by atoms with Crippen molar-refractivity contribution < 1.29 is 19.0 Å². The molecule has 1 rings (SSSR count). The first-order valence-corrected chi connectivity index (χ1v) is 4.27. The molecule has 0 aliphatic carbocycles. The number of rotatable bonds is 3. The zero-order valence-corrected chi connectivity index (χ0v) is 8.51. The van der Waals surface area contributed by atoms with Gasteiger partial charge in [-0.25, -0.2) is 14.2 Å². The molecule has 0 aliphatic rings. The van der Waals surface area contributed by atoms with Crippen molar-refractivity contribution in [2.45, 2.75) is 6.54 Å². The van der Waals surface area contributed by atoms with Crippen LogP contribution in [0.15, 0.2) is 11.1 Å². The van der Waals surface area contributed by atoms with Gasteiger partial charge in [-0.15, -0.1) is 0 Å². The number of aromatic hydroxyl groups is 1. The number of isocyanates is 1. The van der Waals surface area contributed by atoms with Gasteiger partial charge in [-0.1, -0.05) is 11.6 Å². The third-order valence-corrected chi connectivity index (χ3v) is 2.03. The highest BCUT2D eigenvalue weighted by molar-refractivity contribution is 6.31. The standard InChI is InChI=1S/C9H7ClFNO3/c1-15-9-5(3-12-4-13)8(11)6(10)2-7(9)14/h2,14H,3H2,1H3. The summed E-state index contributed by atoms with van der Waals surface area (Å²) in [6.07, 6.45) is 1.26. The molecule has 0 radical (unpaired) electrons. The molecule has 0 spiro atoms. The number of nitrogens with zero attached hydrogens (tertiary/aromatic N) is 1. The number of hydrogen-bond acceptors (Lipinski definition) is 4. The van der Waals surface area contributed by atoms with E-state index in [4.69, 9.17) is 16.3 Å². The lowest BCUT2D eigenvalue weighted by Crippen LogP contribution is -1.96. The van der Waals surface area contributed by atoms with Gasteiger partial charge in [0, 0.05) is 6.07 Å². The van der Waals surface area contributed by atoms with Crippen molar-refractivity contribution in [3.05, 3.63) is 22.5 Å². The van der Waals surface area contributed by atoms with Crippen molar-refractivity contribution in [1.29, 1.82) is 0 Å². The van der Waals surface area contributed by atoms with Crippen molar-refractivity contribution in [1.82, 2.24) is 0 Å². The van der Waals surface area contributed by atoms with Crippen molar-refractivity contribution in [2.24, 2.45) is 4.99 Å². The number of phenols is 1. The Morgan fingerprint density at radius 2 is 2.40 bits per heavy atom. The first kappa shape index (κ1) is 11.5. The smallest absolute Gasteiger partial charge is 0.235 e. The Morgan fingerprint density at radius 1 is 1.73 bits per heavy atom. The first-order valence-electron chi connectivity index (χ1n) is 3.89. The van der Waals surface area contributed by atoms with Gasteiger partial charge < -0.3 is 9.84 Å². The van der Waals surface area contributed by atoms with Crippen LogP contribution in [0, 0.1) is 5.82 Å². The summed E-state index contributed by atoms with van der Waals surface area (Å²) in [7, 11) is 1.26. The average molecular weight is 232 g/mol. The highest BCUT2D eigenvalue weighted by Gasteiger charge is 2.17. The molecule has 0 saturated carbocycles. The quantitative estimate of drug-likeness (QED) is 0.640. The van der Waals surface area contributed by atoms with Gasteiger partial charge in [-0.05, 0) is 0 Å². The van der Waals surface area contributed by atoms with Crippen LogP contribution in [-0.4, -0.2) is 18.3 Å². The minimum Gasteiger partial charge on any atom is -0.504 e. The van der Waals surface area contributed by atoms with E-state index >= 15 is 0 Å². The number of hydrogen-bond donors (Lipinski definition) is 1. The molecule has 0 heterocycles. The van der Waals surface area contributed by atoms with Gasteiger partial charge in [-0.3, -0.25) is 0 Å². The molecule has 0 amide bonds.